The average Bonchev–Trinajstić information content (AvgIpc) is 2.90. The number of carboxylic acids is 1. The number of phenolic OH excluding ortho intramolecular Hbond substituents is 2. The molecule has 1 aromatic carbocycles. The number of carbonyl (C=O) groups excluding carboxylic acids is 1. The van der Waals surface area contributed by atoms with Crippen molar-refractivity contribution >= 4 is 11.9 Å². The lowest BCUT2D eigenvalue weighted by molar-refractivity contribution is -0.139. The number of H-pyrrole nitrogens is 1. The van der Waals surface area contributed by atoms with E-state index in [1.165, 1.54) is 30.7 Å². The summed E-state index contributed by atoms with van der Waals surface area (Å²) in [7, 11) is 0. The van der Waals surface area contributed by atoms with Crippen molar-refractivity contribution in [2.45, 2.75) is 12.5 Å². The van der Waals surface area contributed by atoms with Crippen molar-refractivity contribution in [2.24, 2.45) is 0 Å². The number of imidazole rings is 1. The third-order valence-electron chi connectivity index (χ3n) is 2.83. The lowest BCUT2D eigenvalue weighted by Crippen LogP contribution is -2.42. The quantitative estimate of drug-likeness (QED) is 0.535. The van der Waals surface area contributed by atoms with E-state index in [-0.39, 0.29) is 12.0 Å². The van der Waals surface area contributed by atoms with Crippen LogP contribution in [0.4, 0.5) is 0 Å². The first-order chi connectivity index (χ1) is 9.99. The van der Waals surface area contributed by atoms with E-state index in [4.69, 9.17) is 5.11 Å². The molecule has 8 heteroatoms. The summed E-state index contributed by atoms with van der Waals surface area (Å²) in [6.45, 7) is 0. The Morgan fingerprint density at radius 1 is 1.29 bits per heavy atom. The Morgan fingerprint density at radius 2 is 1.95 bits per heavy atom. The van der Waals surface area contributed by atoms with Crippen molar-refractivity contribution in [3.63, 3.8) is 0 Å². The van der Waals surface area contributed by atoms with Crippen LogP contribution in [0.1, 0.15) is 16.1 Å². The Hall–Kier alpha value is -3.03. The first kappa shape index (κ1) is 14.4. The first-order valence-corrected chi connectivity index (χ1v) is 6.01. The lowest BCUT2D eigenvalue weighted by Gasteiger charge is -2.14. The van der Waals surface area contributed by atoms with Crippen molar-refractivity contribution in [2.75, 3.05) is 0 Å². The van der Waals surface area contributed by atoms with Gasteiger partial charge in [-0.2, -0.15) is 0 Å². The second-order valence-electron chi connectivity index (χ2n) is 4.32. The van der Waals surface area contributed by atoms with Crippen molar-refractivity contribution in [3.8, 4) is 11.5 Å². The minimum atomic E-state index is -1.24. The van der Waals surface area contributed by atoms with Gasteiger partial charge in [-0.15, -0.1) is 0 Å². The normalized spacial score (nSPS) is 11.8. The number of phenols is 2. The van der Waals surface area contributed by atoms with E-state index < -0.39 is 29.4 Å². The Morgan fingerprint density at radius 3 is 2.48 bits per heavy atom. The van der Waals surface area contributed by atoms with Gasteiger partial charge >= 0.3 is 5.97 Å². The topological polar surface area (TPSA) is 136 Å². The van der Waals surface area contributed by atoms with Gasteiger partial charge in [0.15, 0.2) is 0 Å². The van der Waals surface area contributed by atoms with Crippen molar-refractivity contribution < 1.29 is 24.9 Å². The van der Waals surface area contributed by atoms with Crippen LogP contribution in [-0.2, 0) is 11.2 Å². The highest BCUT2D eigenvalue weighted by molar-refractivity contribution is 6.01. The van der Waals surface area contributed by atoms with Crippen molar-refractivity contribution in [1.29, 1.82) is 0 Å². The minimum Gasteiger partial charge on any atom is -0.507 e. The predicted octanol–water partition coefficient (Wildman–Crippen LogP) is 0.247. The molecule has 2 rings (SSSR count). The molecule has 1 unspecified atom stereocenters. The third-order valence-corrected chi connectivity index (χ3v) is 2.83. The summed E-state index contributed by atoms with van der Waals surface area (Å²) >= 11 is 0. The molecule has 0 saturated carbocycles. The number of rotatable bonds is 5. The van der Waals surface area contributed by atoms with Gasteiger partial charge in [0, 0.05) is 18.3 Å². The van der Waals surface area contributed by atoms with Crippen LogP contribution in [0.5, 0.6) is 11.5 Å². The molecule has 1 aromatic heterocycles. The van der Waals surface area contributed by atoms with Crippen LogP contribution >= 0.6 is 0 Å². The second kappa shape index (κ2) is 5.95. The van der Waals surface area contributed by atoms with Crippen LogP contribution in [-0.4, -0.2) is 43.2 Å². The maximum atomic E-state index is 12.0. The number of carbonyl (C=O) groups is 2. The molecule has 21 heavy (non-hydrogen) atoms. The molecule has 0 aliphatic rings. The van der Waals surface area contributed by atoms with Crippen LogP contribution in [0.25, 0.3) is 0 Å². The smallest absolute Gasteiger partial charge is 0.326 e. The van der Waals surface area contributed by atoms with E-state index in [9.17, 15) is 19.8 Å². The van der Waals surface area contributed by atoms with Crippen LogP contribution < -0.4 is 5.32 Å². The molecule has 0 radical (unpaired) electrons. The molecular formula is C13H13N3O5. The Kier molecular flexibility index (Phi) is 4.07. The minimum absolute atomic E-state index is 0.00453. The summed E-state index contributed by atoms with van der Waals surface area (Å²) in [5, 5.41) is 30.5. The zero-order valence-electron chi connectivity index (χ0n) is 10.8. The largest absolute Gasteiger partial charge is 0.507 e. The Bertz CT molecular complexity index is 634. The summed E-state index contributed by atoms with van der Waals surface area (Å²) < 4.78 is 0. The molecule has 0 bridgehead atoms. The number of benzene rings is 1. The number of amides is 1. The SMILES string of the molecule is O=C(NC(Cc1cnc[nH]1)C(=O)O)c1c(O)cccc1O. The molecule has 0 saturated heterocycles. The van der Waals surface area contributed by atoms with Crippen molar-refractivity contribution in [1.82, 2.24) is 15.3 Å². The fourth-order valence-electron chi connectivity index (χ4n) is 1.81. The van der Waals surface area contributed by atoms with Gasteiger partial charge in [0.2, 0.25) is 0 Å². The van der Waals surface area contributed by atoms with Crippen LogP contribution in [0.15, 0.2) is 30.7 Å². The number of carboxylic acid groups (broad SMARTS) is 1. The molecule has 1 atom stereocenters. The van der Waals surface area contributed by atoms with E-state index in [1.54, 1.807) is 0 Å². The first-order valence-electron chi connectivity index (χ1n) is 6.01. The Labute approximate surface area is 119 Å². The van der Waals surface area contributed by atoms with Gasteiger partial charge in [-0.25, -0.2) is 9.78 Å². The molecule has 1 heterocycles. The number of nitrogens with one attached hydrogen (secondary N) is 2. The number of aliphatic carboxylic acids is 1. The highest BCUT2D eigenvalue weighted by atomic mass is 16.4. The maximum absolute atomic E-state index is 12.0. The second-order valence-corrected chi connectivity index (χ2v) is 4.32. The van der Waals surface area contributed by atoms with Gasteiger partial charge in [-0.3, -0.25) is 4.79 Å². The van der Waals surface area contributed by atoms with Gasteiger partial charge in [0.1, 0.15) is 23.1 Å². The summed E-state index contributed by atoms with van der Waals surface area (Å²) in [6, 6.07) is 2.58. The zero-order chi connectivity index (χ0) is 15.4. The van der Waals surface area contributed by atoms with Crippen LogP contribution in [0.3, 0.4) is 0 Å². The summed E-state index contributed by atoms with van der Waals surface area (Å²) in [4.78, 5) is 29.7. The molecule has 2 aromatic rings. The predicted molar refractivity (Wildman–Crippen MR) is 71.0 cm³/mol. The highest BCUT2D eigenvalue weighted by Gasteiger charge is 2.24. The number of hydrogen-bond donors (Lipinski definition) is 5. The highest BCUT2D eigenvalue weighted by Crippen LogP contribution is 2.26. The molecule has 0 spiro atoms. The van der Waals surface area contributed by atoms with Gasteiger partial charge < -0.3 is 25.6 Å². The molecular weight excluding hydrogens is 278 g/mol. The van der Waals surface area contributed by atoms with E-state index >= 15 is 0 Å². The monoisotopic (exact) mass is 291 g/mol. The fraction of sp³-hybridized carbons (Fsp3) is 0.154. The molecule has 1 amide bonds. The summed E-state index contributed by atoms with van der Waals surface area (Å²) in [5.41, 5.74) is 0.164. The standard InChI is InChI=1S/C13H13N3O5/c17-9-2-1-3-10(18)11(9)12(19)16-8(13(20)21)4-7-5-14-6-15-7/h1-3,5-6,8,17-18H,4H2,(H,14,15)(H,16,19)(H,20,21). The molecule has 8 nitrogen and oxygen atoms in total. The van der Waals surface area contributed by atoms with E-state index in [2.05, 4.69) is 15.3 Å². The van der Waals surface area contributed by atoms with Crippen molar-refractivity contribution in [3.05, 3.63) is 42.0 Å². The van der Waals surface area contributed by atoms with Gasteiger partial charge in [-0.1, -0.05) is 6.07 Å². The average molecular weight is 291 g/mol. The maximum Gasteiger partial charge on any atom is 0.326 e. The zero-order valence-corrected chi connectivity index (χ0v) is 10.8. The van der Waals surface area contributed by atoms with Crippen LogP contribution in [0.2, 0.25) is 0 Å². The number of aromatic amines is 1. The molecule has 0 aliphatic heterocycles. The molecule has 5 N–H and O–H groups in total. The van der Waals surface area contributed by atoms with Gasteiger partial charge in [0.25, 0.3) is 5.91 Å². The van der Waals surface area contributed by atoms with E-state index in [0.29, 0.717) is 5.69 Å². The number of nitrogens with zero attached hydrogens (tertiary/aromatic N) is 1. The van der Waals surface area contributed by atoms with E-state index in [1.807, 2.05) is 0 Å². The fourth-order valence-corrected chi connectivity index (χ4v) is 1.81. The summed E-state index contributed by atoms with van der Waals surface area (Å²) in [5.74, 6) is -2.98. The Balaban J connectivity index is 2.17. The molecule has 110 valence electrons. The van der Waals surface area contributed by atoms with Crippen LogP contribution in [0, 0.1) is 0 Å². The van der Waals surface area contributed by atoms with Gasteiger partial charge in [-0.05, 0) is 12.1 Å². The van der Waals surface area contributed by atoms with E-state index in [0.717, 1.165) is 0 Å². The van der Waals surface area contributed by atoms with Gasteiger partial charge in [0.05, 0.1) is 6.33 Å². The molecule has 0 fully saturated rings. The third kappa shape index (κ3) is 3.30. The summed E-state index contributed by atoms with van der Waals surface area (Å²) in [6.07, 6.45) is 2.83. The number of aromatic hydroxyl groups is 2. The molecule has 0 aliphatic carbocycles. The lowest BCUT2D eigenvalue weighted by atomic mass is 10.1. The number of aromatic nitrogens is 2. The number of hydrogen-bond acceptors (Lipinski definition) is 5.